The molecule has 0 saturated carbocycles. The van der Waals surface area contributed by atoms with Crippen molar-refractivity contribution >= 4 is 5.97 Å². The molecule has 0 aliphatic carbocycles. The van der Waals surface area contributed by atoms with Crippen LogP contribution in [0.3, 0.4) is 0 Å². The van der Waals surface area contributed by atoms with Crippen LogP contribution in [-0.4, -0.2) is 22.1 Å². The largest absolute Gasteiger partial charge is 0.461 e. The fourth-order valence-electron chi connectivity index (χ4n) is 3.47. The van der Waals surface area contributed by atoms with Crippen LogP contribution in [0, 0.1) is 0 Å². The number of carbonyl (C=O) groups excluding carboxylic acids is 1. The summed E-state index contributed by atoms with van der Waals surface area (Å²) in [4.78, 5) is 17.2. The third-order valence-corrected chi connectivity index (χ3v) is 4.86. The van der Waals surface area contributed by atoms with Crippen molar-refractivity contribution in [2.75, 3.05) is 6.61 Å². The van der Waals surface area contributed by atoms with Gasteiger partial charge in [-0.05, 0) is 18.1 Å². The molecule has 0 fully saturated rings. The van der Waals surface area contributed by atoms with Crippen molar-refractivity contribution in [1.29, 1.82) is 0 Å². The van der Waals surface area contributed by atoms with E-state index in [1.54, 1.807) is 6.92 Å². The molecule has 0 N–H and O–H groups in total. The van der Waals surface area contributed by atoms with E-state index in [1.807, 2.05) is 72.3 Å². The van der Waals surface area contributed by atoms with E-state index in [2.05, 4.69) is 29.2 Å². The van der Waals surface area contributed by atoms with Crippen LogP contribution in [-0.2, 0) is 11.8 Å². The molecule has 0 bridgehead atoms. The summed E-state index contributed by atoms with van der Waals surface area (Å²) in [5, 5.41) is 0. The van der Waals surface area contributed by atoms with Gasteiger partial charge in [-0.15, -0.1) is 0 Å². The van der Waals surface area contributed by atoms with Gasteiger partial charge in [-0.2, -0.15) is 0 Å². The Kier molecular flexibility index (Phi) is 5.25. The van der Waals surface area contributed by atoms with Crippen molar-refractivity contribution in [3.63, 3.8) is 0 Å². The van der Waals surface area contributed by atoms with E-state index >= 15 is 0 Å². The van der Waals surface area contributed by atoms with Crippen LogP contribution in [0.2, 0.25) is 0 Å². The van der Waals surface area contributed by atoms with E-state index in [9.17, 15) is 4.79 Å². The lowest BCUT2D eigenvalue weighted by atomic mass is 10.0. The molecule has 0 spiro atoms. The number of carbonyl (C=O) groups is 1. The Hall–Kier alpha value is -3.66. The Morgan fingerprint density at radius 3 is 1.90 bits per heavy atom. The van der Waals surface area contributed by atoms with Crippen molar-refractivity contribution in [3.8, 4) is 33.8 Å². The normalized spacial score (nSPS) is 10.7. The van der Waals surface area contributed by atoms with Crippen LogP contribution in [0.1, 0.15) is 17.4 Å². The quantitative estimate of drug-likeness (QED) is 0.422. The van der Waals surface area contributed by atoms with Gasteiger partial charge in [0.05, 0.1) is 12.3 Å². The van der Waals surface area contributed by atoms with E-state index < -0.39 is 5.97 Å². The fourth-order valence-corrected chi connectivity index (χ4v) is 3.47. The minimum atomic E-state index is -0.408. The second-order valence-corrected chi connectivity index (χ2v) is 6.72. The first-order valence-electron chi connectivity index (χ1n) is 9.64. The average molecular weight is 382 g/mol. The Morgan fingerprint density at radius 1 is 0.793 bits per heavy atom. The molecular weight excluding hydrogens is 360 g/mol. The molecule has 4 aromatic rings. The molecule has 3 aromatic carbocycles. The van der Waals surface area contributed by atoms with Gasteiger partial charge in [-0.3, -0.25) is 0 Å². The van der Waals surface area contributed by atoms with Crippen molar-refractivity contribution < 1.29 is 9.53 Å². The standard InChI is InChI=1S/C25H22N2O2/c1-3-29-25(28)22-23(20-12-8-5-9-13-20)27(2)24(26-22)21-16-14-19(15-17-21)18-10-6-4-7-11-18/h4-17H,3H2,1-2H3. The Balaban J connectivity index is 1.79. The lowest BCUT2D eigenvalue weighted by Crippen LogP contribution is -2.07. The SMILES string of the molecule is CCOC(=O)c1nc(-c2ccc(-c3ccccc3)cc2)n(C)c1-c1ccccc1. The zero-order valence-corrected chi connectivity index (χ0v) is 16.5. The minimum absolute atomic E-state index is 0.310. The molecule has 0 aliphatic rings. The van der Waals surface area contributed by atoms with Gasteiger partial charge in [-0.1, -0.05) is 84.9 Å². The van der Waals surface area contributed by atoms with Crippen LogP contribution in [0.5, 0.6) is 0 Å². The van der Waals surface area contributed by atoms with Gasteiger partial charge in [0.1, 0.15) is 5.82 Å². The highest BCUT2D eigenvalue weighted by Gasteiger charge is 2.23. The maximum Gasteiger partial charge on any atom is 0.359 e. The van der Waals surface area contributed by atoms with Crippen LogP contribution in [0.15, 0.2) is 84.9 Å². The highest BCUT2D eigenvalue weighted by Crippen LogP contribution is 2.31. The first-order chi connectivity index (χ1) is 14.2. The van der Waals surface area contributed by atoms with Gasteiger partial charge < -0.3 is 9.30 Å². The van der Waals surface area contributed by atoms with Crippen LogP contribution >= 0.6 is 0 Å². The molecule has 0 radical (unpaired) electrons. The van der Waals surface area contributed by atoms with Gasteiger partial charge in [0.2, 0.25) is 0 Å². The molecule has 144 valence electrons. The van der Waals surface area contributed by atoms with Crippen molar-refractivity contribution in [2.24, 2.45) is 7.05 Å². The van der Waals surface area contributed by atoms with E-state index in [-0.39, 0.29) is 0 Å². The number of ether oxygens (including phenoxy) is 1. The van der Waals surface area contributed by atoms with Crippen LogP contribution in [0.25, 0.3) is 33.8 Å². The molecule has 0 atom stereocenters. The Bertz CT molecular complexity index is 1110. The van der Waals surface area contributed by atoms with Crippen molar-refractivity contribution in [2.45, 2.75) is 6.92 Å². The summed E-state index contributed by atoms with van der Waals surface area (Å²) in [5.74, 6) is 0.320. The third-order valence-electron chi connectivity index (χ3n) is 4.86. The molecule has 0 saturated heterocycles. The number of hydrogen-bond acceptors (Lipinski definition) is 3. The second-order valence-electron chi connectivity index (χ2n) is 6.72. The molecule has 0 unspecified atom stereocenters. The molecular formula is C25H22N2O2. The summed E-state index contributed by atoms with van der Waals surface area (Å²) in [6.45, 7) is 2.11. The van der Waals surface area contributed by atoms with E-state index in [4.69, 9.17) is 4.74 Å². The average Bonchev–Trinajstić information content (AvgIpc) is 3.12. The van der Waals surface area contributed by atoms with E-state index in [1.165, 1.54) is 0 Å². The number of imidazole rings is 1. The minimum Gasteiger partial charge on any atom is -0.461 e. The summed E-state index contributed by atoms with van der Waals surface area (Å²) in [5.41, 5.74) is 5.26. The number of rotatable bonds is 5. The summed E-state index contributed by atoms with van der Waals surface area (Å²) in [6.07, 6.45) is 0. The van der Waals surface area contributed by atoms with Gasteiger partial charge in [0.25, 0.3) is 0 Å². The molecule has 4 nitrogen and oxygen atoms in total. The summed E-state index contributed by atoms with van der Waals surface area (Å²) in [6, 6.07) is 28.3. The highest BCUT2D eigenvalue weighted by atomic mass is 16.5. The number of hydrogen-bond donors (Lipinski definition) is 0. The van der Waals surface area contributed by atoms with Crippen LogP contribution < -0.4 is 0 Å². The zero-order chi connectivity index (χ0) is 20.2. The second kappa shape index (κ2) is 8.15. The molecule has 0 amide bonds. The zero-order valence-electron chi connectivity index (χ0n) is 16.5. The van der Waals surface area contributed by atoms with Crippen molar-refractivity contribution in [3.05, 3.63) is 90.6 Å². The predicted octanol–water partition coefficient (Wildman–Crippen LogP) is 5.60. The predicted molar refractivity (Wildman–Crippen MR) is 115 cm³/mol. The highest BCUT2D eigenvalue weighted by molar-refractivity contribution is 5.95. The lowest BCUT2D eigenvalue weighted by molar-refractivity contribution is 0.0521. The molecule has 4 rings (SSSR count). The maximum atomic E-state index is 12.6. The molecule has 0 aliphatic heterocycles. The molecule has 1 aromatic heterocycles. The number of esters is 1. The molecule has 4 heteroatoms. The van der Waals surface area contributed by atoms with E-state index in [0.29, 0.717) is 12.3 Å². The first-order valence-corrected chi connectivity index (χ1v) is 9.64. The van der Waals surface area contributed by atoms with Gasteiger partial charge >= 0.3 is 5.97 Å². The Morgan fingerprint density at radius 2 is 1.31 bits per heavy atom. The smallest absolute Gasteiger partial charge is 0.359 e. The summed E-state index contributed by atoms with van der Waals surface area (Å²) in [7, 11) is 1.93. The topological polar surface area (TPSA) is 44.1 Å². The van der Waals surface area contributed by atoms with E-state index in [0.717, 1.165) is 33.8 Å². The summed E-state index contributed by atoms with van der Waals surface area (Å²) < 4.78 is 7.21. The third kappa shape index (κ3) is 3.69. The number of benzene rings is 3. The van der Waals surface area contributed by atoms with Gasteiger partial charge in [0.15, 0.2) is 5.69 Å². The molecule has 1 heterocycles. The lowest BCUT2D eigenvalue weighted by Gasteiger charge is -2.08. The Labute approximate surface area is 170 Å². The fraction of sp³-hybridized carbons (Fsp3) is 0.120. The first kappa shape index (κ1) is 18.7. The van der Waals surface area contributed by atoms with Gasteiger partial charge in [0, 0.05) is 18.2 Å². The summed E-state index contributed by atoms with van der Waals surface area (Å²) >= 11 is 0. The maximum absolute atomic E-state index is 12.6. The monoisotopic (exact) mass is 382 g/mol. The van der Waals surface area contributed by atoms with Crippen LogP contribution in [0.4, 0.5) is 0 Å². The number of nitrogens with zero attached hydrogens (tertiary/aromatic N) is 2. The molecule has 29 heavy (non-hydrogen) atoms. The van der Waals surface area contributed by atoms with Crippen molar-refractivity contribution in [1.82, 2.24) is 9.55 Å². The number of aromatic nitrogens is 2. The van der Waals surface area contributed by atoms with Gasteiger partial charge in [-0.25, -0.2) is 9.78 Å².